The van der Waals surface area contributed by atoms with Gasteiger partial charge in [-0.1, -0.05) is 51.6 Å². The molecule has 228 valence electrons. The summed E-state index contributed by atoms with van der Waals surface area (Å²) in [6, 6.07) is 0.0783. The van der Waals surface area contributed by atoms with Crippen LogP contribution in [0.5, 0.6) is 5.88 Å². The molecule has 11 nitrogen and oxygen atoms in total. The van der Waals surface area contributed by atoms with Crippen LogP contribution in [0, 0.1) is 11.3 Å². The Balaban J connectivity index is 1.81. The van der Waals surface area contributed by atoms with Crippen LogP contribution < -0.4 is 15.4 Å². The Kier molecular flexibility index (Phi) is 10.5. The molecule has 1 aliphatic carbocycles. The van der Waals surface area contributed by atoms with Gasteiger partial charge in [-0.25, -0.2) is 14.6 Å². The fraction of sp³-hybridized carbons (Fsp3) is 0.690. The van der Waals surface area contributed by atoms with Gasteiger partial charge in [0, 0.05) is 18.7 Å². The smallest absolute Gasteiger partial charge is 0.408 e. The molecule has 0 radical (unpaired) electrons. The maximum Gasteiger partial charge on any atom is 0.408 e. The number of amides is 3. The second-order valence-electron chi connectivity index (χ2n) is 13.0. The van der Waals surface area contributed by atoms with Crippen LogP contribution >= 0.6 is 11.6 Å². The number of carbonyl (C=O) groups excluding carboxylic acids is 3. The predicted molar refractivity (Wildman–Crippen MR) is 153 cm³/mol. The van der Waals surface area contributed by atoms with E-state index in [1.807, 2.05) is 0 Å². The Morgan fingerprint density at radius 1 is 1.05 bits per heavy atom. The molecule has 3 amide bonds. The summed E-state index contributed by atoms with van der Waals surface area (Å²) in [4.78, 5) is 57.9. The number of ether oxygens (including phenoxy) is 2. The van der Waals surface area contributed by atoms with Gasteiger partial charge in [0.15, 0.2) is 0 Å². The molecule has 12 heteroatoms. The van der Waals surface area contributed by atoms with Crippen LogP contribution in [-0.4, -0.2) is 75.2 Å². The number of hydrogen-bond acceptors (Lipinski definition) is 7. The minimum atomic E-state index is -1.17. The number of carbonyl (C=O) groups is 4. The zero-order valence-electron chi connectivity index (χ0n) is 24.7. The van der Waals surface area contributed by atoms with Crippen molar-refractivity contribution < 1.29 is 33.8 Å². The maximum absolute atomic E-state index is 13.9. The van der Waals surface area contributed by atoms with E-state index < -0.39 is 59.1 Å². The van der Waals surface area contributed by atoms with Crippen LogP contribution in [0.25, 0.3) is 0 Å². The second kappa shape index (κ2) is 13.3. The van der Waals surface area contributed by atoms with Crippen molar-refractivity contribution in [1.29, 1.82) is 0 Å². The van der Waals surface area contributed by atoms with Crippen molar-refractivity contribution in [3.63, 3.8) is 0 Å². The molecule has 2 aliphatic rings. The van der Waals surface area contributed by atoms with E-state index in [-0.39, 0.29) is 24.8 Å². The third-order valence-electron chi connectivity index (χ3n) is 7.29. The number of rotatable bonds is 8. The van der Waals surface area contributed by atoms with E-state index in [2.05, 4.69) is 15.6 Å². The minimum absolute atomic E-state index is 0.00473. The molecule has 1 aliphatic heterocycles. The lowest BCUT2D eigenvalue weighted by Gasteiger charge is -2.37. The minimum Gasteiger partial charge on any atom is -0.480 e. The third-order valence-corrected chi connectivity index (χ3v) is 7.52. The van der Waals surface area contributed by atoms with Crippen molar-refractivity contribution in [2.45, 2.75) is 110 Å². The van der Waals surface area contributed by atoms with Crippen molar-refractivity contribution in [1.82, 2.24) is 20.5 Å². The number of carboxylic acids is 1. The molecule has 1 aromatic heterocycles. The summed E-state index contributed by atoms with van der Waals surface area (Å²) in [6.07, 6.45) is 4.59. The van der Waals surface area contributed by atoms with E-state index in [0.29, 0.717) is 5.02 Å². The lowest BCUT2D eigenvalue weighted by molar-refractivity contribution is -0.151. The third kappa shape index (κ3) is 9.21. The van der Waals surface area contributed by atoms with Crippen LogP contribution in [-0.2, 0) is 19.1 Å². The normalized spacial score (nSPS) is 21.5. The van der Waals surface area contributed by atoms with Gasteiger partial charge in [0.1, 0.15) is 29.8 Å². The Hall–Kier alpha value is -3.08. The topological polar surface area (TPSA) is 147 Å². The van der Waals surface area contributed by atoms with Gasteiger partial charge < -0.3 is 30.1 Å². The summed E-state index contributed by atoms with van der Waals surface area (Å²) in [5.74, 6) is -2.05. The lowest BCUT2D eigenvalue weighted by atomic mass is 9.82. The summed E-state index contributed by atoms with van der Waals surface area (Å²) in [7, 11) is 0. The van der Waals surface area contributed by atoms with Crippen LogP contribution in [0.1, 0.15) is 80.1 Å². The van der Waals surface area contributed by atoms with Crippen molar-refractivity contribution in [2.75, 3.05) is 6.54 Å². The SMILES string of the molecule is CC(C)(C)OC(=O)N[C@H](C(=O)N[C@H](C(=O)N1C[C@H](Oc2ccc(Cl)cn2)C[C@H]1C(=O)O)C(C)(C)C)C1CCCCC1. The number of halogens is 1. The Labute approximate surface area is 246 Å². The fourth-order valence-corrected chi connectivity index (χ4v) is 5.42. The highest BCUT2D eigenvalue weighted by Crippen LogP contribution is 2.30. The Morgan fingerprint density at radius 3 is 2.24 bits per heavy atom. The van der Waals surface area contributed by atoms with Gasteiger partial charge in [0.05, 0.1) is 11.6 Å². The first-order valence-electron chi connectivity index (χ1n) is 14.2. The number of alkyl carbamates (subject to hydrolysis) is 1. The number of aromatic nitrogens is 1. The Morgan fingerprint density at radius 2 is 1.71 bits per heavy atom. The Bertz CT molecular complexity index is 1090. The van der Waals surface area contributed by atoms with Crippen LogP contribution in [0.3, 0.4) is 0 Å². The van der Waals surface area contributed by atoms with Gasteiger partial charge in [-0.2, -0.15) is 0 Å². The number of hydrogen-bond donors (Lipinski definition) is 3. The first kappa shape index (κ1) is 32.4. The molecule has 1 aromatic rings. The molecule has 0 bridgehead atoms. The van der Waals surface area contributed by atoms with Gasteiger partial charge in [-0.3, -0.25) is 9.59 Å². The molecule has 2 heterocycles. The van der Waals surface area contributed by atoms with E-state index >= 15 is 0 Å². The second-order valence-corrected chi connectivity index (χ2v) is 13.4. The zero-order valence-corrected chi connectivity index (χ0v) is 25.5. The highest BCUT2D eigenvalue weighted by Gasteiger charge is 2.46. The maximum atomic E-state index is 13.9. The molecule has 1 saturated carbocycles. The van der Waals surface area contributed by atoms with E-state index in [1.165, 1.54) is 11.1 Å². The van der Waals surface area contributed by atoms with Crippen LogP contribution in [0.4, 0.5) is 4.79 Å². The summed E-state index contributed by atoms with van der Waals surface area (Å²) in [5.41, 5.74) is -1.52. The average molecular weight is 595 g/mol. The largest absolute Gasteiger partial charge is 0.480 e. The number of pyridine rings is 1. The molecule has 41 heavy (non-hydrogen) atoms. The highest BCUT2D eigenvalue weighted by atomic mass is 35.5. The van der Waals surface area contributed by atoms with Gasteiger partial charge in [0.2, 0.25) is 17.7 Å². The van der Waals surface area contributed by atoms with Crippen molar-refractivity contribution in [2.24, 2.45) is 11.3 Å². The van der Waals surface area contributed by atoms with Crippen molar-refractivity contribution in [3.05, 3.63) is 23.4 Å². The van der Waals surface area contributed by atoms with Gasteiger partial charge in [-0.05, 0) is 51.0 Å². The highest BCUT2D eigenvalue weighted by molar-refractivity contribution is 6.30. The molecule has 0 spiro atoms. The quantitative estimate of drug-likeness (QED) is 0.406. The lowest BCUT2D eigenvalue weighted by Crippen LogP contribution is -2.61. The average Bonchev–Trinajstić information content (AvgIpc) is 3.30. The summed E-state index contributed by atoms with van der Waals surface area (Å²) >= 11 is 5.89. The molecule has 0 unspecified atom stereocenters. The molecule has 3 N–H and O–H groups in total. The van der Waals surface area contributed by atoms with Crippen LogP contribution in [0.2, 0.25) is 5.02 Å². The molecule has 2 fully saturated rings. The predicted octanol–water partition coefficient (Wildman–Crippen LogP) is 4.17. The van der Waals surface area contributed by atoms with Gasteiger partial charge in [-0.15, -0.1) is 0 Å². The van der Waals surface area contributed by atoms with Crippen LogP contribution in [0.15, 0.2) is 18.3 Å². The van der Waals surface area contributed by atoms with E-state index in [1.54, 1.807) is 53.7 Å². The summed E-state index contributed by atoms with van der Waals surface area (Å²) < 4.78 is 11.3. The van der Waals surface area contributed by atoms with E-state index in [0.717, 1.165) is 32.1 Å². The number of nitrogens with zero attached hydrogens (tertiary/aromatic N) is 2. The molecule has 3 rings (SSSR count). The molecular formula is C29H43ClN4O7. The van der Waals surface area contributed by atoms with Gasteiger partial charge >= 0.3 is 12.1 Å². The monoisotopic (exact) mass is 594 g/mol. The number of carboxylic acid groups (broad SMARTS) is 1. The molecular weight excluding hydrogens is 552 g/mol. The number of nitrogens with one attached hydrogen (secondary N) is 2. The van der Waals surface area contributed by atoms with Gasteiger partial charge in [0.25, 0.3) is 0 Å². The number of aliphatic carboxylic acids is 1. The molecule has 1 saturated heterocycles. The van der Waals surface area contributed by atoms with E-state index in [9.17, 15) is 24.3 Å². The summed E-state index contributed by atoms with van der Waals surface area (Å²) in [6.45, 7) is 10.6. The molecule has 0 aromatic carbocycles. The standard InChI is InChI=1S/C29H43ClN4O7/c1-28(2,3)23(33-24(35)22(17-10-8-7-9-11-17)32-27(39)41-29(4,5)6)25(36)34-16-19(14-20(34)26(37)38)40-21-13-12-18(30)15-31-21/h12-13,15,17,19-20,22-23H,7-11,14,16H2,1-6H3,(H,32,39)(H,33,35)(H,37,38)/t19-,20+,22+,23-/m1/s1. The first-order valence-corrected chi connectivity index (χ1v) is 14.5. The first-order chi connectivity index (χ1) is 19.0. The molecule has 4 atom stereocenters. The summed E-state index contributed by atoms with van der Waals surface area (Å²) in [5, 5.41) is 16.0. The van der Waals surface area contributed by atoms with Crippen molar-refractivity contribution in [3.8, 4) is 5.88 Å². The van der Waals surface area contributed by atoms with Crippen molar-refractivity contribution >= 4 is 35.5 Å². The van der Waals surface area contributed by atoms with E-state index in [4.69, 9.17) is 21.1 Å². The number of likely N-dealkylation sites (tertiary alicyclic amines) is 1. The fourth-order valence-electron chi connectivity index (χ4n) is 5.31. The zero-order chi connectivity index (χ0) is 30.5.